The van der Waals surface area contributed by atoms with Gasteiger partial charge in [0.2, 0.25) is 0 Å². The highest BCUT2D eigenvalue weighted by Crippen LogP contribution is 2.19. The molecule has 0 heterocycles. The summed E-state index contributed by atoms with van der Waals surface area (Å²) in [6, 6.07) is 6.02. The second-order valence-electron chi connectivity index (χ2n) is 3.96. The van der Waals surface area contributed by atoms with Crippen LogP contribution in [0.4, 0.5) is 0 Å². The van der Waals surface area contributed by atoms with Crippen LogP contribution in [-0.4, -0.2) is 36.8 Å². The molecule has 0 saturated carbocycles. The van der Waals surface area contributed by atoms with E-state index in [0.717, 1.165) is 30.9 Å². The summed E-state index contributed by atoms with van der Waals surface area (Å²) < 4.78 is 5.26. The molecule has 1 aromatic carbocycles. The fraction of sp³-hybridized carbons (Fsp3) is 0.467. The highest BCUT2D eigenvalue weighted by Gasteiger charge is 2.05. The summed E-state index contributed by atoms with van der Waals surface area (Å²) in [5.41, 5.74) is 2.04. The van der Waals surface area contributed by atoms with Crippen molar-refractivity contribution in [1.82, 2.24) is 4.90 Å². The highest BCUT2D eigenvalue weighted by atomic mass is 16.5. The van der Waals surface area contributed by atoms with Gasteiger partial charge in [-0.05, 0) is 30.8 Å². The van der Waals surface area contributed by atoms with E-state index < -0.39 is 0 Å². The second-order valence-corrected chi connectivity index (χ2v) is 3.96. The maximum Gasteiger partial charge on any atom is 0.134 e. The van der Waals surface area contributed by atoms with Crippen LogP contribution in [0.3, 0.4) is 0 Å². The Morgan fingerprint density at radius 2 is 2.00 bits per heavy atom. The third-order valence-electron chi connectivity index (χ3n) is 2.87. The molecule has 0 unspecified atom stereocenters. The van der Waals surface area contributed by atoms with E-state index >= 15 is 0 Å². The molecule has 0 amide bonds. The van der Waals surface area contributed by atoms with Crippen molar-refractivity contribution in [3.05, 3.63) is 29.3 Å². The van der Waals surface area contributed by atoms with Crippen molar-refractivity contribution in [3.8, 4) is 17.6 Å². The molecular weight excluding hydrogens is 226 g/mol. The second kappa shape index (κ2) is 7.75. The van der Waals surface area contributed by atoms with E-state index in [4.69, 9.17) is 9.84 Å². The van der Waals surface area contributed by atoms with E-state index in [1.165, 1.54) is 5.56 Å². The maximum atomic E-state index is 8.76. The first-order valence-corrected chi connectivity index (χ1v) is 6.24. The average Bonchev–Trinajstić information content (AvgIpc) is 2.42. The molecule has 0 aliphatic rings. The Morgan fingerprint density at radius 3 is 2.56 bits per heavy atom. The van der Waals surface area contributed by atoms with Crippen LogP contribution >= 0.6 is 0 Å². The molecule has 0 aliphatic carbocycles. The first kappa shape index (κ1) is 14.6. The summed E-state index contributed by atoms with van der Waals surface area (Å²) in [6.45, 7) is 7.13. The fourth-order valence-electron chi connectivity index (χ4n) is 1.79. The van der Waals surface area contributed by atoms with E-state index in [1.807, 2.05) is 12.1 Å². The van der Waals surface area contributed by atoms with Crippen molar-refractivity contribution in [2.75, 3.05) is 26.8 Å². The van der Waals surface area contributed by atoms with Crippen molar-refractivity contribution >= 4 is 0 Å². The number of hydrogen-bond donors (Lipinski definition) is 1. The van der Waals surface area contributed by atoms with Crippen molar-refractivity contribution in [3.63, 3.8) is 0 Å². The van der Waals surface area contributed by atoms with Crippen LogP contribution in [0.15, 0.2) is 18.2 Å². The number of ether oxygens (including phenoxy) is 1. The zero-order valence-electron chi connectivity index (χ0n) is 11.4. The van der Waals surface area contributed by atoms with Crippen LogP contribution in [0.1, 0.15) is 25.0 Å². The number of rotatable bonds is 5. The van der Waals surface area contributed by atoms with Crippen molar-refractivity contribution < 1.29 is 9.84 Å². The summed E-state index contributed by atoms with van der Waals surface area (Å²) in [5, 5.41) is 8.76. The lowest BCUT2D eigenvalue weighted by Crippen LogP contribution is -2.22. The predicted octanol–water partition coefficient (Wildman–Crippen LogP) is 1.88. The van der Waals surface area contributed by atoms with Crippen molar-refractivity contribution in [1.29, 1.82) is 0 Å². The Balaban J connectivity index is 2.95. The summed E-state index contributed by atoms with van der Waals surface area (Å²) >= 11 is 0. The van der Waals surface area contributed by atoms with Gasteiger partial charge >= 0.3 is 0 Å². The van der Waals surface area contributed by atoms with Crippen LogP contribution in [0, 0.1) is 11.8 Å². The molecular formula is C15H21NO2. The molecule has 0 bridgehead atoms. The van der Waals surface area contributed by atoms with E-state index in [2.05, 4.69) is 36.7 Å². The number of benzene rings is 1. The number of aliphatic hydroxyl groups is 1. The van der Waals surface area contributed by atoms with Crippen LogP contribution in [-0.2, 0) is 6.54 Å². The van der Waals surface area contributed by atoms with Crippen LogP contribution in [0.5, 0.6) is 5.75 Å². The Kier molecular flexibility index (Phi) is 6.27. The van der Waals surface area contributed by atoms with Crippen LogP contribution in [0.25, 0.3) is 0 Å². The molecule has 1 rings (SSSR count). The molecule has 0 atom stereocenters. The van der Waals surface area contributed by atoms with Gasteiger partial charge < -0.3 is 9.84 Å². The van der Waals surface area contributed by atoms with Gasteiger partial charge in [0.1, 0.15) is 12.4 Å². The largest absolute Gasteiger partial charge is 0.495 e. The summed E-state index contributed by atoms with van der Waals surface area (Å²) in [7, 11) is 1.63. The monoisotopic (exact) mass is 247 g/mol. The summed E-state index contributed by atoms with van der Waals surface area (Å²) in [4.78, 5) is 2.34. The zero-order valence-corrected chi connectivity index (χ0v) is 11.4. The first-order valence-electron chi connectivity index (χ1n) is 6.24. The van der Waals surface area contributed by atoms with E-state index in [0.29, 0.717) is 0 Å². The maximum absolute atomic E-state index is 8.76. The van der Waals surface area contributed by atoms with Gasteiger partial charge in [0, 0.05) is 6.54 Å². The lowest BCUT2D eigenvalue weighted by atomic mass is 10.1. The van der Waals surface area contributed by atoms with Gasteiger partial charge in [-0.3, -0.25) is 4.90 Å². The van der Waals surface area contributed by atoms with Gasteiger partial charge in [-0.2, -0.15) is 0 Å². The standard InChI is InChI=1S/C15H21NO2/c1-4-16(5-2)12-13-8-9-15(18-3)14(11-13)7-6-10-17/h8-9,11,17H,4-5,10,12H2,1-3H3. The van der Waals surface area contributed by atoms with Gasteiger partial charge in [-0.1, -0.05) is 31.8 Å². The molecule has 1 N–H and O–H groups in total. The first-order chi connectivity index (χ1) is 8.74. The molecule has 3 heteroatoms. The molecule has 98 valence electrons. The zero-order chi connectivity index (χ0) is 13.4. The lowest BCUT2D eigenvalue weighted by Gasteiger charge is -2.18. The van der Waals surface area contributed by atoms with Gasteiger partial charge in [-0.15, -0.1) is 0 Å². The summed E-state index contributed by atoms with van der Waals surface area (Å²) in [5.74, 6) is 6.33. The van der Waals surface area contributed by atoms with Gasteiger partial charge in [0.25, 0.3) is 0 Å². The molecule has 0 fully saturated rings. The Labute approximate surface area is 109 Å². The minimum Gasteiger partial charge on any atom is -0.495 e. The molecule has 0 aromatic heterocycles. The van der Waals surface area contributed by atoms with E-state index in [1.54, 1.807) is 7.11 Å². The Bertz CT molecular complexity index is 428. The van der Waals surface area contributed by atoms with Crippen LogP contribution < -0.4 is 4.74 Å². The fourth-order valence-corrected chi connectivity index (χ4v) is 1.79. The number of methoxy groups -OCH3 is 1. The lowest BCUT2D eigenvalue weighted by molar-refractivity contribution is 0.295. The minimum absolute atomic E-state index is 0.135. The molecule has 1 aromatic rings. The highest BCUT2D eigenvalue weighted by molar-refractivity contribution is 5.48. The smallest absolute Gasteiger partial charge is 0.134 e. The quantitative estimate of drug-likeness (QED) is 0.806. The molecule has 0 aliphatic heterocycles. The number of nitrogens with zero attached hydrogens (tertiary/aromatic N) is 1. The Hall–Kier alpha value is -1.50. The average molecular weight is 247 g/mol. The molecule has 0 radical (unpaired) electrons. The molecule has 0 spiro atoms. The van der Waals surface area contributed by atoms with Gasteiger partial charge in [-0.25, -0.2) is 0 Å². The van der Waals surface area contributed by atoms with Gasteiger partial charge in [0.15, 0.2) is 0 Å². The van der Waals surface area contributed by atoms with Crippen molar-refractivity contribution in [2.24, 2.45) is 0 Å². The third-order valence-corrected chi connectivity index (χ3v) is 2.87. The minimum atomic E-state index is -0.135. The van der Waals surface area contributed by atoms with E-state index in [-0.39, 0.29) is 6.61 Å². The predicted molar refractivity (Wildman–Crippen MR) is 73.6 cm³/mol. The normalized spacial score (nSPS) is 10.1. The molecule has 18 heavy (non-hydrogen) atoms. The molecule has 0 saturated heterocycles. The third kappa shape index (κ3) is 4.06. The van der Waals surface area contributed by atoms with E-state index in [9.17, 15) is 0 Å². The molecule has 3 nitrogen and oxygen atoms in total. The summed E-state index contributed by atoms with van der Waals surface area (Å²) in [6.07, 6.45) is 0. The number of aliphatic hydroxyl groups excluding tert-OH is 1. The van der Waals surface area contributed by atoms with Crippen LogP contribution in [0.2, 0.25) is 0 Å². The van der Waals surface area contributed by atoms with Gasteiger partial charge in [0.05, 0.1) is 12.7 Å². The van der Waals surface area contributed by atoms with Crippen molar-refractivity contribution in [2.45, 2.75) is 20.4 Å². The topological polar surface area (TPSA) is 32.7 Å². The Morgan fingerprint density at radius 1 is 1.28 bits per heavy atom. The number of hydrogen-bond acceptors (Lipinski definition) is 3. The SMILES string of the molecule is CCN(CC)Cc1ccc(OC)c(C#CCO)c1.